The van der Waals surface area contributed by atoms with Gasteiger partial charge in [-0.3, -0.25) is 0 Å². The van der Waals surface area contributed by atoms with Crippen LogP contribution in [0.1, 0.15) is 41.5 Å². The van der Waals surface area contributed by atoms with E-state index >= 15 is 0 Å². The van der Waals surface area contributed by atoms with Gasteiger partial charge in [-0.15, -0.1) is 10.00 Å². The fourth-order valence-corrected chi connectivity index (χ4v) is 2.12. The Balaban J connectivity index is 2.44. The molecule has 2 aromatic rings. The summed E-state index contributed by atoms with van der Waals surface area (Å²) < 4.78 is 12.8. The van der Waals surface area contributed by atoms with Gasteiger partial charge < -0.3 is 9.47 Å². The van der Waals surface area contributed by atoms with Crippen LogP contribution in [0.2, 0.25) is 0 Å². The third-order valence-corrected chi connectivity index (χ3v) is 3.10. The summed E-state index contributed by atoms with van der Waals surface area (Å²) in [5, 5.41) is 4.18. The van der Waals surface area contributed by atoms with Crippen LogP contribution >= 0.6 is 15.9 Å². The van der Waals surface area contributed by atoms with E-state index in [2.05, 4.69) is 26.0 Å². The molecule has 0 N–H and O–H groups in total. The van der Waals surface area contributed by atoms with Gasteiger partial charge in [0.05, 0.1) is 0 Å². The van der Waals surface area contributed by atoms with Gasteiger partial charge in [0.15, 0.2) is 5.65 Å². The van der Waals surface area contributed by atoms with Crippen LogP contribution in [0, 0.1) is 0 Å². The SMILES string of the molecule is CC(C)(C)OC(=O)N(C(=O)OC(C)(C)C)c1nc2ccc(Br)cn2n1. The van der Waals surface area contributed by atoms with Crippen LogP contribution in [0.25, 0.3) is 5.65 Å². The number of nitrogens with zero attached hydrogens (tertiary/aromatic N) is 4. The summed E-state index contributed by atoms with van der Waals surface area (Å²) in [4.78, 5) is 30.0. The molecule has 0 aliphatic rings. The van der Waals surface area contributed by atoms with Crippen LogP contribution in [0.5, 0.6) is 0 Å². The standard InChI is InChI=1S/C16H21BrN4O4/c1-15(2,3)24-13(22)21(14(23)25-16(4,5)6)12-18-11-8-7-10(17)9-20(11)19-12/h7-9H,1-6H3. The number of fused-ring (bicyclic) bond motifs is 1. The number of hydrogen-bond donors (Lipinski definition) is 0. The van der Waals surface area contributed by atoms with Crippen molar-refractivity contribution in [2.45, 2.75) is 52.7 Å². The number of pyridine rings is 1. The van der Waals surface area contributed by atoms with Crippen LogP contribution in [0.3, 0.4) is 0 Å². The largest absolute Gasteiger partial charge is 0.443 e. The summed E-state index contributed by atoms with van der Waals surface area (Å²) in [6.45, 7) is 10.2. The Kier molecular flexibility index (Phi) is 5.08. The highest BCUT2D eigenvalue weighted by molar-refractivity contribution is 9.10. The molecule has 0 saturated carbocycles. The van der Waals surface area contributed by atoms with Crippen LogP contribution in [0.4, 0.5) is 15.5 Å². The van der Waals surface area contributed by atoms with Gasteiger partial charge in [-0.2, -0.15) is 4.98 Å². The minimum atomic E-state index is -0.906. The number of carbonyl (C=O) groups excluding carboxylic acids is 2. The highest BCUT2D eigenvalue weighted by atomic mass is 79.9. The lowest BCUT2D eigenvalue weighted by molar-refractivity contribution is 0.0427. The zero-order valence-electron chi connectivity index (χ0n) is 15.0. The van der Waals surface area contributed by atoms with Crippen molar-refractivity contribution in [1.82, 2.24) is 14.6 Å². The van der Waals surface area contributed by atoms with Gasteiger partial charge in [-0.25, -0.2) is 14.1 Å². The lowest BCUT2D eigenvalue weighted by atomic mass is 10.2. The molecule has 0 atom stereocenters. The van der Waals surface area contributed by atoms with Gasteiger partial charge in [0, 0.05) is 10.7 Å². The van der Waals surface area contributed by atoms with Crippen molar-refractivity contribution >= 4 is 39.7 Å². The Morgan fingerprint density at radius 3 is 2.04 bits per heavy atom. The van der Waals surface area contributed by atoms with Crippen LogP contribution in [0.15, 0.2) is 22.8 Å². The molecule has 2 aromatic heterocycles. The van der Waals surface area contributed by atoms with Crippen LogP contribution in [-0.4, -0.2) is 38.0 Å². The number of anilines is 1. The van der Waals surface area contributed by atoms with Crippen molar-refractivity contribution in [2.24, 2.45) is 0 Å². The summed E-state index contributed by atoms with van der Waals surface area (Å²) in [7, 11) is 0. The zero-order valence-corrected chi connectivity index (χ0v) is 16.6. The number of rotatable bonds is 1. The fourth-order valence-electron chi connectivity index (χ4n) is 1.79. The molecular formula is C16H21BrN4O4. The molecular weight excluding hydrogens is 392 g/mol. The number of hydrogen-bond acceptors (Lipinski definition) is 6. The van der Waals surface area contributed by atoms with E-state index in [9.17, 15) is 9.59 Å². The van der Waals surface area contributed by atoms with Crippen molar-refractivity contribution in [2.75, 3.05) is 4.90 Å². The maximum Gasteiger partial charge on any atom is 0.427 e. The van der Waals surface area contributed by atoms with E-state index in [1.165, 1.54) is 4.52 Å². The molecule has 0 fully saturated rings. The molecule has 0 aromatic carbocycles. The minimum Gasteiger partial charge on any atom is -0.443 e. The van der Waals surface area contributed by atoms with E-state index < -0.39 is 23.4 Å². The second-order valence-electron chi connectivity index (χ2n) is 7.36. The fraction of sp³-hybridized carbons (Fsp3) is 0.500. The first kappa shape index (κ1) is 19.2. The number of ether oxygens (including phenoxy) is 2. The molecule has 2 heterocycles. The topological polar surface area (TPSA) is 86.0 Å². The van der Waals surface area contributed by atoms with Gasteiger partial charge >= 0.3 is 12.2 Å². The lowest BCUT2D eigenvalue weighted by Gasteiger charge is -2.26. The van der Waals surface area contributed by atoms with Crippen molar-refractivity contribution < 1.29 is 19.1 Å². The van der Waals surface area contributed by atoms with Gasteiger partial charge in [-0.05, 0) is 69.6 Å². The van der Waals surface area contributed by atoms with E-state index in [-0.39, 0.29) is 5.95 Å². The van der Waals surface area contributed by atoms with E-state index in [0.717, 1.165) is 4.47 Å². The molecule has 25 heavy (non-hydrogen) atoms. The monoisotopic (exact) mass is 412 g/mol. The second kappa shape index (κ2) is 6.62. The molecule has 0 aliphatic carbocycles. The normalized spacial score (nSPS) is 12.1. The van der Waals surface area contributed by atoms with E-state index in [1.54, 1.807) is 59.9 Å². The minimum absolute atomic E-state index is 0.124. The first-order valence-corrected chi connectivity index (χ1v) is 8.43. The molecule has 0 spiro atoms. The number of halogens is 1. The number of carbonyl (C=O) groups is 2. The average Bonchev–Trinajstić information content (AvgIpc) is 2.76. The second-order valence-corrected chi connectivity index (χ2v) is 8.27. The molecule has 0 radical (unpaired) electrons. The first-order valence-electron chi connectivity index (χ1n) is 7.64. The van der Waals surface area contributed by atoms with Crippen LogP contribution < -0.4 is 4.90 Å². The van der Waals surface area contributed by atoms with Gasteiger partial charge in [0.1, 0.15) is 11.2 Å². The molecule has 9 heteroatoms. The summed E-state index contributed by atoms with van der Waals surface area (Å²) in [5.41, 5.74) is -1.12. The molecule has 0 aliphatic heterocycles. The van der Waals surface area contributed by atoms with Crippen molar-refractivity contribution in [3.8, 4) is 0 Å². The summed E-state index contributed by atoms with van der Waals surface area (Å²) in [6, 6.07) is 3.47. The molecule has 8 nitrogen and oxygen atoms in total. The van der Waals surface area contributed by atoms with Crippen molar-refractivity contribution in [3.63, 3.8) is 0 Å². The van der Waals surface area contributed by atoms with Crippen molar-refractivity contribution in [3.05, 3.63) is 22.8 Å². The van der Waals surface area contributed by atoms with E-state index in [1.807, 2.05) is 0 Å². The highest BCUT2D eigenvalue weighted by Crippen LogP contribution is 2.20. The predicted molar refractivity (Wildman–Crippen MR) is 95.6 cm³/mol. The lowest BCUT2D eigenvalue weighted by Crippen LogP contribution is -2.44. The van der Waals surface area contributed by atoms with E-state index in [4.69, 9.17) is 9.47 Å². The Morgan fingerprint density at radius 1 is 1.04 bits per heavy atom. The Labute approximate surface area is 154 Å². The van der Waals surface area contributed by atoms with Gasteiger partial charge in [0.25, 0.3) is 5.95 Å². The average molecular weight is 413 g/mol. The smallest absolute Gasteiger partial charge is 0.427 e. The van der Waals surface area contributed by atoms with Crippen molar-refractivity contribution in [1.29, 1.82) is 0 Å². The molecule has 136 valence electrons. The molecule has 0 saturated heterocycles. The number of amides is 2. The summed E-state index contributed by atoms with van der Waals surface area (Å²) in [5.74, 6) is -0.124. The Morgan fingerprint density at radius 2 is 1.56 bits per heavy atom. The summed E-state index contributed by atoms with van der Waals surface area (Å²) >= 11 is 3.33. The zero-order chi connectivity index (χ0) is 19.0. The highest BCUT2D eigenvalue weighted by Gasteiger charge is 2.35. The van der Waals surface area contributed by atoms with Gasteiger partial charge in [0.2, 0.25) is 0 Å². The molecule has 0 unspecified atom stereocenters. The third-order valence-electron chi connectivity index (χ3n) is 2.64. The number of imide groups is 1. The predicted octanol–water partition coefficient (Wildman–Crippen LogP) is 4.17. The van der Waals surface area contributed by atoms with E-state index in [0.29, 0.717) is 10.5 Å². The quantitative estimate of drug-likeness (QED) is 0.698. The van der Waals surface area contributed by atoms with Gasteiger partial charge in [-0.1, -0.05) is 0 Å². The van der Waals surface area contributed by atoms with Crippen LogP contribution in [-0.2, 0) is 9.47 Å². The molecule has 0 bridgehead atoms. The first-order chi connectivity index (χ1) is 11.4. The molecule has 2 rings (SSSR count). The summed E-state index contributed by atoms with van der Waals surface area (Å²) in [6.07, 6.45) is -0.151. The third kappa shape index (κ3) is 5.15. The Bertz CT molecular complexity index is 777. The maximum absolute atomic E-state index is 12.5. The molecule has 2 amide bonds. The number of aromatic nitrogens is 3. The maximum atomic E-state index is 12.5. The Hall–Kier alpha value is -2.16.